The van der Waals surface area contributed by atoms with Gasteiger partial charge in [-0.25, -0.2) is 9.97 Å². The Hall–Kier alpha value is -1.00. The van der Waals surface area contributed by atoms with E-state index in [9.17, 15) is 0 Å². The second-order valence-corrected chi connectivity index (χ2v) is 4.82. The molecule has 86 valence electrons. The molecule has 0 amide bonds. The lowest BCUT2D eigenvalue weighted by molar-refractivity contribution is -0.0193. The smallest absolute Gasteiger partial charge is 0.115 e. The standard InChI is InChI=1S/C12H17N3O/c1-3-13-4-2-12(1)5-10(8-16-12)11-6-14-9-15-7-11/h6-7,9-10,13H,1-5,8H2/t10-/m1/s1. The molecule has 0 saturated carbocycles. The fourth-order valence-electron chi connectivity index (χ4n) is 2.81. The lowest BCUT2D eigenvalue weighted by atomic mass is 9.84. The van der Waals surface area contributed by atoms with E-state index in [4.69, 9.17) is 4.74 Å². The highest BCUT2D eigenvalue weighted by Crippen LogP contribution is 2.41. The highest BCUT2D eigenvalue weighted by molar-refractivity contribution is 5.14. The van der Waals surface area contributed by atoms with Gasteiger partial charge in [-0.05, 0) is 37.9 Å². The Morgan fingerprint density at radius 3 is 2.75 bits per heavy atom. The van der Waals surface area contributed by atoms with Crippen molar-refractivity contribution >= 4 is 0 Å². The second kappa shape index (κ2) is 4.11. The molecule has 2 aliphatic heterocycles. The third-order valence-electron chi connectivity index (χ3n) is 3.78. The Kier molecular flexibility index (Phi) is 2.61. The summed E-state index contributed by atoms with van der Waals surface area (Å²) >= 11 is 0. The average molecular weight is 219 g/mol. The molecule has 0 bridgehead atoms. The van der Waals surface area contributed by atoms with Gasteiger partial charge < -0.3 is 10.1 Å². The van der Waals surface area contributed by atoms with Gasteiger partial charge in [-0.2, -0.15) is 0 Å². The number of hydrogen-bond acceptors (Lipinski definition) is 4. The molecular weight excluding hydrogens is 202 g/mol. The molecule has 0 radical (unpaired) electrons. The molecule has 0 aromatic carbocycles. The molecule has 2 aliphatic rings. The topological polar surface area (TPSA) is 47.0 Å². The molecule has 3 rings (SSSR count). The fraction of sp³-hybridized carbons (Fsp3) is 0.667. The Labute approximate surface area is 95.4 Å². The summed E-state index contributed by atoms with van der Waals surface area (Å²) in [6, 6.07) is 0. The van der Waals surface area contributed by atoms with E-state index in [-0.39, 0.29) is 5.60 Å². The minimum Gasteiger partial charge on any atom is -0.374 e. The summed E-state index contributed by atoms with van der Waals surface area (Å²) in [7, 11) is 0. The summed E-state index contributed by atoms with van der Waals surface area (Å²) in [5.74, 6) is 0.485. The largest absolute Gasteiger partial charge is 0.374 e. The molecule has 0 unspecified atom stereocenters. The molecule has 2 saturated heterocycles. The molecule has 1 aromatic rings. The molecular formula is C12H17N3O. The number of piperidine rings is 1. The van der Waals surface area contributed by atoms with Crippen LogP contribution in [0.4, 0.5) is 0 Å². The molecule has 4 heteroatoms. The van der Waals surface area contributed by atoms with E-state index in [1.165, 1.54) is 5.56 Å². The molecule has 2 fully saturated rings. The predicted molar refractivity (Wildman–Crippen MR) is 60.2 cm³/mol. The Balaban J connectivity index is 1.73. The van der Waals surface area contributed by atoms with Crippen molar-refractivity contribution in [3.63, 3.8) is 0 Å². The van der Waals surface area contributed by atoms with Crippen molar-refractivity contribution in [1.82, 2.24) is 15.3 Å². The fourth-order valence-corrected chi connectivity index (χ4v) is 2.81. The molecule has 4 nitrogen and oxygen atoms in total. The number of nitrogens with one attached hydrogen (secondary N) is 1. The number of nitrogens with zero attached hydrogens (tertiary/aromatic N) is 2. The van der Waals surface area contributed by atoms with E-state index in [0.29, 0.717) is 5.92 Å². The second-order valence-electron chi connectivity index (χ2n) is 4.82. The van der Waals surface area contributed by atoms with Gasteiger partial charge in [0, 0.05) is 18.3 Å². The van der Waals surface area contributed by atoms with Crippen molar-refractivity contribution in [2.75, 3.05) is 19.7 Å². The molecule has 1 spiro atoms. The van der Waals surface area contributed by atoms with E-state index < -0.39 is 0 Å². The van der Waals surface area contributed by atoms with Gasteiger partial charge in [-0.3, -0.25) is 0 Å². The molecule has 3 heterocycles. The molecule has 1 aromatic heterocycles. The van der Waals surface area contributed by atoms with Gasteiger partial charge in [0.05, 0.1) is 12.2 Å². The van der Waals surface area contributed by atoms with Gasteiger partial charge in [-0.1, -0.05) is 0 Å². The molecule has 0 aliphatic carbocycles. The maximum Gasteiger partial charge on any atom is 0.115 e. The van der Waals surface area contributed by atoms with Crippen LogP contribution in [0.15, 0.2) is 18.7 Å². The number of rotatable bonds is 1. The third kappa shape index (κ3) is 1.83. The summed E-state index contributed by atoms with van der Waals surface area (Å²) in [6.07, 6.45) is 8.82. The monoisotopic (exact) mass is 219 g/mol. The van der Waals surface area contributed by atoms with Gasteiger partial charge in [0.1, 0.15) is 6.33 Å². The number of hydrogen-bond donors (Lipinski definition) is 1. The highest BCUT2D eigenvalue weighted by atomic mass is 16.5. The summed E-state index contributed by atoms with van der Waals surface area (Å²) in [5.41, 5.74) is 1.35. The van der Waals surface area contributed by atoms with Crippen LogP contribution in [0.5, 0.6) is 0 Å². The van der Waals surface area contributed by atoms with Crippen molar-refractivity contribution in [2.24, 2.45) is 0 Å². The summed E-state index contributed by atoms with van der Waals surface area (Å²) in [6.45, 7) is 2.99. The first-order valence-electron chi connectivity index (χ1n) is 5.98. The van der Waals surface area contributed by atoms with Crippen LogP contribution in [-0.4, -0.2) is 35.3 Å². The minimum absolute atomic E-state index is 0.131. The van der Waals surface area contributed by atoms with Crippen molar-refractivity contribution in [2.45, 2.75) is 30.8 Å². The van der Waals surface area contributed by atoms with Crippen LogP contribution >= 0.6 is 0 Å². The number of ether oxygens (including phenoxy) is 1. The van der Waals surface area contributed by atoms with Crippen molar-refractivity contribution in [1.29, 1.82) is 0 Å². The number of aromatic nitrogens is 2. The lowest BCUT2D eigenvalue weighted by Crippen LogP contribution is -2.41. The molecule has 1 atom stereocenters. The van der Waals surface area contributed by atoms with Crippen molar-refractivity contribution < 1.29 is 4.74 Å². The maximum atomic E-state index is 6.05. The van der Waals surface area contributed by atoms with Crippen LogP contribution in [0.2, 0.25) is 0 Å². The lowest BCUT2D eigenvalue weighted by Gasteiger charge is -2.33. The normalized spacial score (nSPS) is 28.4. The Morgan fingerprint density at radius 2 is 2.00 bits per heavy atom. The summed E-state index contributed by atoms with van der Waals surface area (Å²) < 4.78 is 6.05. The van der Waals surface area contributed by atoms with E-state index >= 15 is 0 Å². The van der Waals surface area contributed by atoms with Crippen LogP contribution in [0.25, 0.3) is 0 Å². The first-order valence-corrected chi connectivity index (χ1v) is 5.98. The average Bonchev–Trinajstić information content (AvgIpc) is 2.75. The van der Waals surface area contributed by atoms with Crippen LogP contribution in [0.1, 0.15) is 30.7 Å². The maximum absolute atomic E-state index is 6.05. The summed E-state index contributed by atoms with van der Waals surface area (Å²) in [5, 5.41) is 3.39. The molecule has 1 N–H and O–H groups in total. The van der Waals surface area contributed by atoms with Gasteiger partial charge in [0.15, 0.2) is 0 Å². The van der Waals surface area contributed by atoms with Crippen molar-refractivity contribution in [3.05, 3.63) is 24.3 Å². The van der Waals surface area contributed by atoms with Crippen LogP contribution in [0, 0.1) is 0 Å². The zero-order valence-corrected chi connectivity index (χ0v) is 9.35. The Bertz CT molecular complexity index is 349. The zero-order chi connectivity index (χ0) is 10.8. The predicted octanol–water partition coefficient (Wildman–Crippen LogP) is 1.10. The quantitative estimate of drug-likeness (QED) is 0.768. The highest BCUT2D eigenvalue weighted by Gasteiger charge is 2.41. The van der Waals surface area contributed by atoms with Gasteiger partial charge >= 0.3 is 0 Å². The SMILES string of the molecule is c1ncc([C@H]2COC3(CCNCC3)C2)cn1. The van der Waals surface area contributed by atoms with Gasteiger partial charge in [0.2, 0.25) is 0 Å². The van der Waals surface area contributed by atoms with Crippen molar-refractivity contribution in [3.8, 4) is 0 Å². The van der Waals surface area contributed by atoms with E-state index in [0.717, 1.165) is 39.0 Å². The van der Waals surface area contributed by atoms with E-state index in [1.54, 1.807) is 6.33 Å². The third-order valence-corrected chi connectivity index (χ3v) is 3.78. The van der Waals surface area contributed by atoms with E-state index in [2.05, 4.69) is 15.3 Å². The molecule has 16 heavy (non-hydrogen) atoms. The van der Waals surface area contributed by atoms with Crippen LogP contribution in [0.3, 0.4) is 0 Å². The first-order chi connectivity index (χ1) is 7.88. The minimum atomic E-state index is 0.131. The summed E-state index contributed by atoms with van der Waals surface area (Å²) in [4.78, 5) is 8.17. The van der Waals surface area contributed by atoms with Gasteiger partial charge in [-0.15, -0.1) is 0 Å². The zero-order valence-electron chi connectivity index (χ0n) is 9.35. The van der Waals surface area contributed by atoms with Crippen LogP contribution in [-0.2, 0) is 4.74 Å². The van der Waals surface area contributed by atoms with E-state index in [1.807, 2.05) is 12.4 Å². The first kappa shape index (κ1) is 10.2. The van der Waals surface area contributed by atoms with Gasteiger partial charge in [0.25, 0.3) is 0 Å². The Morgan fingerprint density at radius 1 is 1.25 bits per heavy atom. The van der Waals surface area contributed by atoms with Crippen LogP contribution < -0.4 is 5.32 Å².